The van der Waals surface area contributed by atoms with Crippen LogP contribution in [0.15, 0.2) is 54.7 Å². The molecule has 0 saturated heterocycles. The fourth-order valence-corrected chi connectivity index (χ4v) is 2.83. The lowest BCUT2D eigenvalue weighted by molar-refractivity contribution is -0.137. The Bertz CT molecular complexity index is 999. The molecular weight excluding hydrogens is 383 g/mol. The first-order valence-electron chi connectivity index (χ1n) is 9.16. The van der Waals surface area contributed by atoms with Crippen LogP contribution in [0.2, 0.25) is 0 Å². The normalized spacial score (nSPS) is 12.2. The molecule has 3 aromatic rings. The molecular formula is C22H22F3NO3. The molecule has 0 fully saturated rings. The molecule has 1 aromatic heterocycles. The molecule has 0 aliphatic heterocycles. The summed E-state index contributed by atoms with van der Waals surface area (Å²) < 4.78 is 50.3. The van der Waals surface area contributed by atoms with Crippen molar-refractivity contribution in [3.8, 4) is 5.75 Å². The third-order valence-electron chi connectivity index (χ3n) is 4.19. The quantitative estimate of drug-likeness (QED) is 0.529. The van der Waals surface area contributed by atoms with E-state index < -0.39 is 23.4 Å². The Morgan fingerprint density at radius 3 is 2.31 bits per heavy atom. The molecule has 3 rings (SSSR count). The van der Waals surface area contributed by atoms with Crippen LogP contribution < -0.4 is 4.74 Å². The molecule has 0 bridgehead atoms. The first-order chi connectivity index (χ1) is 13.5. The van der Waals surface area contributed by atoms with E-state index in [0.717, 1.165) is 23.1 Å². The number of hydrogen-bond donors (Lipinski definition) is 0. The van der Waals surface area contributed by atoms with E-state index in [9.17, 15) is 18.0 Å². The Kier molecular flexibility index (Phi) is 5.59. The Morgan fingerprint density at radius 1 is 1.00 bits per heavy atom. The van der Waals surface area contributed by atoms with Crippen LogP contribution in [0.25, 0.3) is 10.9 Å². The van der Waals surface area contributed by atoms with E-state index in [1.165, 1.54) is 16.7 Å². The van der Waals surface area contributed by atoms with E-state index in [1.807, 2.05) is 6.07 Å². The van der Waals surface area contributed by atoms with Crippen LogP contribution in [0.4, 0.5) is 18.0 Å². The summed E-state index contributed by atoms with van der Waals surface area (Å²) in [5.74, 6) is 0.617. The van der Waals surface area contributed by atoms with Crippen molar-refractivity contribution in [1.82, 2.24) is 4.57 Å². The second kappa shape index (κ2) is 7.81. The summed E-state index contributed by atoms with van der Waals surface area (Å²) in [5.41, 5.74) is 0.210. The zero-order chi connectivity index (χ0) is 21.2. The van der Waals surface area contributed by atoms with Gasteiger partial charge in [-0.05, 0) is 62.7 Å². The Morgan fingerprint density at radius 2 is 1.69 bits per heavy atom. The van der Waals surface area contributed by atoms with Crippen LogP contribution >= 0.6 is 0 Å². The molecule has 0 aliphatic carbocycles. The van der Waals surface area contributed by atoms with Crippen LogP contribution in [0.1, 0.15) is 31.9 Å². The number of nitrogens with zero attached hydrogens (tertiary/aromatic N) is 1. The number of ether oxygens (including phenoxy) is 2. The molecule has 0 spiro atoms. The maximum absolute atomic E-state index is 12.6. The van der Waals surface area contributed by atoms with Crippen molar-refractivity contribution < 1.29 is 27.4 Å². The number of hydrogen-bond acceptors (Lipinski definition) is 3. The van der Waals surface area contributed by atoms with Gasteiger partial charge in [0.05, 0.1) is 17.7 Å². The number of alkyl halides is 3. The highest BCUT2D eigenvalue weighted by Gasteiger charge is 2.29. The van der Waals surface area contributed by atoms with Crippen molar-refractivity contribution >= 4 is 17.0 Å². The molecule has 2 aromatic carbocycles. The van der Waals surface area contributed by atoms with Crippen molar-refractivity contribution in [3.63, 3.8) is 0 Å². The van der Waals surface area contributed by atoms with Gasteiger partial charge in [0.2, 0.25) is 0 Å². The SMILES string of the molecule is CC(C)(C)OC(=O)n1ccc2cc(OCCc3ccc(C(F)(F)F)cc3)ccc21. The lowest BCUT2D eigenvalue weighted by Gasteiger charge is -2.19. The maximum Gasteiger partial charge on any atom is 0.418 e. The van der Waals surface area contributed by atoms with Gasteiger partial charge in [0.25, 0.3) is 0 Å². The van der Waals surface area contributed by atoms with Crippen LogP contribution in [-0.2, 0) is 17.3 Å². The summed E-state index contributed by atoms with van der Waals surface area (Å²) in [7, 11) is 0. The van der Waals surface area contributed by atoms with Crippen molar-refractivity contribution in [1.29, 1.82) is 0 Å². The van der Waals surface area contributed by atoms with Gasteiger partial charge in [0.15, 0.2) is 0 Å². The summed E-state index contributed by atoms with van der Waals surface area (Å²) in [6.07, 6.45) is -2.66. The topological polar surface area (TPSA) is 40.5 Å². The molecule has 1 heterocycles. The Labute approximate surface area is 166 Å². The molecule has 0 amide bonds. The first-order valence-corrected chi connectivity index (χ1v) is 9.16. The van der Waals surface area contributed by atoms with E-state index in [2.05, 4.69) is 0 Å². The third-order valence-corrected chi connectivity index (χ3v) is 4.19. The van der Waals surface area contributed by atoms with Gasteiger partial charge in [0, 0.05) is 18.0 Å². The fourth-order valence-electron chi connectivity index (χ4n) is 2.83. The molecule has 29 heavy (non-hydrogen) atoms. The first kappa shape index (κ1) is 20.8. The average molecular weight is 405 g/mol. The number of aromatic nitrogens is 1. The van der Waals surface area contributed by atoms with E-state index in [-0.39, 0.29) is 0 Å². The lowest BCUT2D eigenvalue weighted by Crippen LogP contribution is -2.26. The van der Waals surface area contributed by atoms with Crippen LogP contribution in [0.3, 0.4) is 0 Å². The highest BCUT2D eigenvalue weighted by atomic mass is 19.4. The minimum atomic E-state index is -4.33. The smallest absolute Gasteiger partial charge is 0.418 e. The van der Waals surface area contributed by atoms with Gasteiger partial charge in [-0.2, -0.15) is 13.2 Å². The second-order valence-electron chi connectivity index (χ2n) is 7.68. The molecule has 0 N–H and O–H groups in total. The molecule has 154 valence electrons. The van der Waals surface area contributed by atoms with Crippen molar-refractivity contribution in [2.45, 2.75) is 39.0 Å². The molecule has 0 unspecified atom stereocenters. The van der Waals surface area contributed by atoms with Gasteiger partial charge < -0.3 is 9.47 Å². The fraction of sp³-hybridized carbons (Fsp3) is 0.318. The van der Waals surface area contributed by atoms with Gasteiger partial charge in [-0.15, -0.1) is 0 Å². The number of rotatable bonds is 4. The average Bonchev–Trinajstić information content (AvgIpc) is 3.03. The minimum absolute atomic E-state index is 0.323. The summed E-state index contributed by atoms with van der Waals surface area (Å²) in [6.45, 7) is 5.74. The second-order valence-corrected chi connectivity index (χ2v) is 7.68. The molecule has 7 heteroatoms. The summed E-state index contributed by atoms with van der Waals surface area (Å²) in [5, 5.41) is 0.822. The van der Waals surface area contributed by atoms with Gasteiger partial charge >= 0.3 is 12.3 Å². The van der Waals surface area contributed by atoms with Crippen LogP contribution in [-0.4, -0.2) is 22.9 Å². The van der Waals surface area contributed by atoms with E-state index in [1.54, 1.807) is 45.2 Å². The third kappa shape index (κ3) is 5.31. The van der Waals surface area contributed by atoms with Crippen LogP contribution in [0.5, 0.6) is 5.75 Å². The Hall–Kier alpha value is -2.96. The maximum atomic E-state index is 12.6. The summed E-state index contributed by atoms with van der Waals surface area (Å²) in [4.78, 5) is 12.3. The zero-order valence-corrected chi connectivity index (χ0v) is 16.4. The van der Waals surface area contributed by atoms with E-state index >= 15 is 0 Å². The number of halogens is 3. The summed E-state index contributed by atoms with van der Waals surface area (Å²) in [6, 6.07) is 12.2. The Balaban J connectivity index is 1.62. The number of benzene rings is 2. The van der Waals surface area contributed by atoms with E-state index in [0.29, 0.717) is 24.3 Å². The predicted octanol–water partition coefficient (Wildman–Crippen LogP) is 6.06. The van der Waals surface area contributed by atoms with Crippen molar-refractivity contribution in [2.24, 2.45) is 0 Å². The zero-order valence-electron chi connectivity index (χ0n) is 16.4. The van der Waals surface area contributed by atoms with Gasteiger partial charge in [-0.25, -0.2) is 4.79 Å². The molecule has 0 atom stereocenters. The molecule has 0 aliphatic rings. The monoisotopic (exact) mass is 405 g/mol. The molecule has 4 nitrogen and oxygen atoms in total. The van der Waals surface area contributed by atoms with Gasteiger partial charge in [0.1, 0.15) is 11.4 Å². The van der Waals surface area contributed by atoms with Crippen molar-refractivity contribution in [3.05, 3.63) is 65.9 Å². The molecule has 0 radical (unpaired) electrons. The highest BCUT2D eigenvalue weighted by molar-refractivity contribution is 5.90. The minimum Gasteiger partial charge on any atom is -0.493 e. The largest absolute Gasteiger partial charge is 0.493 e. The standard InChI is InChI=1S/C22H22F3NO3/c1-21(2,3)29-20(27)26-12-10-16-14-18(8-9-19(16)26)28-13-11-15-4-6-17(7-5-15)22(23,24)25/h4-10,12,14H,11,13H2,1-3H3. The van der Waals surface area contributed by atoms with Crippen molar-refractivity contribution in [2.75, 3.05) is 6.61 Å². The molecule has 0 saturated carbocycles. The lowest BCUT2D eigenvalue weighted by atomic mass is 10.1. The number of fused-ring (bicyclic) bond motifs is 1. The predicted molar refractivity (Wildman–Crippen MR) is 104 cm³/mol. The van der Waals surface area contributed by atoms with Gasteiger partial charge in [-0.1, -0.05) is 12.1 Å². The summed E-state index contributed by atoms with van der Waals surface area (Å²) >= 11 is 0. The number of carbonyl (C=O) groups is 1. The van der Waals surface area contributed by atoms with Gasteiger partial charge in [-0.3, -0.25) is 4.57 Å². The van der Waals surface area contributed by atoms with E-state index in [4.69, 9.17) is 9.47 Å². The number of carbonyl (C=O) groups excluding carboxylic acids is 1. The van der Waals surface area contributed by atoms with Crippen LogP contribution in [0, 0.1) is 0 Å². The highest BCUT2D eigenvalue weighted by Crippen LogP contribution is 2.29.